The molecule has 0 saturated carbocycles. The third-order valence-electron chi connectivity index (χ3n) is 8.25. The maximum absolute atomic E-state index is 12.9. The van der Waals surface area contributed by atoms with E-state index in [0.717, 1.165) is 65.5 Å². The first kappa shape index (κ1) is 27.1. The maximum atomic E-state index is 12.9. The summed E-state index contributed by atoms with van der Waals surface area (Å²) in [6, 6.07) is 4.51. The average Bonchev–Trinajstić information content (AvgIpc) is 3.53. The number of fused-ring (bicyclic) bond motifs is 2. The molecule has 0 bridgehead atoms. The van der Waals surface area contributed by atoms with Crippen LogP contribution in [0.5, 0.6) is 0 Å². The Balaban J connectivity index is 1.52. The van der Waals surface area contributed by atoms with Gasteiger partial charge in [-0.3, -0.25) is 4.79 Å². The van der Waals surface area contributed by atoms with Crippen LogP contribution >= 0.6 is 0 Å². The summed E-state index contributed by atoms with van der Waals surface area (Å²) < 4.78 is 1.86. The maximum Gasteiger partial charge on any atom is 0.223 e. The summed E-state index contributed by atoms with van der Waals surface area (Å²) in [6.45, 7) is 16.2. The molecule has 39 heavy (non-hydrogen) atoms. The fourth-order valence-corrected chi connectivity index (χ4v) is 5.83. The number of aromatic nitrogens is 5. The Kier molecular flexibility index (Phi) is 7.37. The summed E-state index contributed by atoms with van der Waals surface area (Å²) in [4.78, 5) is 32.8. The number of H-pyrrole nitrogens is 1. The van der Waals surface area contributed by atoms with E-state index in [-0.39, 0.29) is 17.9 Å². The van der Waals surface area contributed by atoms with E-state index < -0.39 is 0 Å². The van der Waals surface area contributed by atoms with Crippen LogP contribution in [0.15, 0.2) is 24.7 Å². The van der Waals surface area contributed by atoms with Crippen LogP contribution < -0.4 is 4.90 Å². The van der Waals surface area contributed by atoms with Gasteiger partial charge in [-0.25, -0.2) is 14.5 Å². The van der Waals surface area contributed by atoms with Gasteiger partial charge in [-0.05, 0) is 63.0 Å². The second-order valence-electron chi connectivity index (χ2n) is 11.9. The number of nitrogens with one attached hydrogen (secondary N) is 1. The van der Waals surface area contributed by atoms with Crippen molar-refractivity contribution in [3.05, 3.63) is 41.3 Å². The summed E-state index contributed by atoms with van der Waals surface area (Å²) in [6.07, 6.45) is 4.24. The van der Waals surface area contributed by atoms with Gasteiger partial charge in [-0.15, -0.1) is 0 Å². The molecule has 1 unspecified atom stereocenters. The molecule has 1 saturated heterocycles. The summed E-state index contributed by atoms with van der Waals surface area (Å²) in [5.74, 6) is 1.88. The van der Waals surface area contributed by atoms with Crippen LogP contribution in [0.4, 0.5) is 5.82 Å². The van der Waals surface area contributed by atoms with E-state index in [9.17, 15) is 4.79 Å². The van der Waals surface area contributed by atoms with Gasteiger partial charge < -0.3 is 19.7 Å². The van der Waals surface area contributed by atoms with E-state index in [1.807, 2.05) is 23.5 Å². The Bertz CT molecular complexity index is 1500. The number of amides is 1. The number of aryl methyl sites for hydroxylation is 1. The molecule has 9 heteroatoms. The lowest BCUT2D eigenvalue weighted by atomic mass is 9.95. The molecule has 0 aromatic carbocycles. The van der Waals surface area contributed by atoms with Gasteiger partial charge >= 0.3 is 0 Å². The summed E-state index contributed by atoms with van der Waals surface area (Å²) in [5.41, 5.74) is 8.69. The average molecular weight is 531 g/mol. The third-order valence-corrected chi connectivity index (χ3v) is 8.25. The van der Waals surface area contributed by atoms with E-state index in [1.165, 1.54) is 11.1 Å². The second kappa shape index (κ2) is 10.6. The quantitative estimate of drug-likeness (QED) is 0.375. The highest BCUT2D eigenvalue weighted by molar-refractivity contribution is 5.90. The molecule has 1 aliphatic heterocycles. The Morgan fingerprint density at radius 2 is 1.90 bits per heavy atom. The minimum atomic E-state index is 0.215. The smallest absolute Gasteiger partial charge is 0.223 e. The number of carbonyl (C=O) groups is 1. The second-order valence-corrected chi connectivity index (χ2v) is 11.9. The Labute approximate surface area is 231 Å². The van der Waals surface area contributed by atoms with Gasteiger partial charge in [0.25, 0.3) is 0 Å². The van der Waals surface area contributed by atoms with Crippen LogP contribution in [-0.2, 0) is 4.79 Å². The van der Waals surface area contributed by atoms with Crippen LogP contribution in [0.25, 0.3) is 27.9 Å². The predicted octanol–water partition coefficient (Wildman–Crippen LogP) is 4.64. The zero-order valence-corrected chi connectivity index (χ0v) is 24.6. The fourth-order valence-electron chi connectivity index (χ4n) is 5.83. The van der Waals surface area contributed by atoms with Crippen molar-refractivity contribution in [2.24, 2.45) is 5.92 Å². The first-order chi connectivity index (χ1) is 18.6. The SMILES string of the molecule is Cc1c(-c2[nH]c3ccc(N4CCN(C(=O)CCN(C)C)CC4C(C)C)nc3c2C(C)C)cn2ncnc2c1C. The molecule has 0 aliphatic carbocycles. The van der Waals surface area contributed by atoms with Gasteiger partial charge in [0.2, 0.25) is 5.91 Å². The highest BCUT2D eigenvalue weighted by Gasteiger charge is 2.32. The number of anilines is 1. The molecule has 0 spiro atoms. The summed E-state index contributed by atoms with van der Waals surface area (Å²) in [7, 11) is 4.02. The molecule has 1 fully saturated rings. The Morgan fingerprint density at radius 1 is 1.13 bits per heavy atom. The number of aromatic amines is 1. The van der Waals surface area contributed by atoms with Gasteiger partial charge in [-0.1, -0.05) is 27.7 Å². The highest BCUT2D eigenvalue weighted by atomic mass is 16.2. The molecule has 5 heterocycles. The van der Waals surface area contributed by atoms with Crippen molar-refractivity contribution in [2.45, 2.75) is 59.9 Å². The molecule has 1 atom stereocenters. The van der Waals surface area contributed by atoms with Crippen molar-refractivity contribution in [1.29, 1.82) is 0 Å². The molecular formula is C30H42N8O. The zero-order chi connectivity index (χ0) is 28.0. The van der Waals surface area contributed by atoms with Gasteiger partial charge in [0, 0.05) is 49.9 Å². The topological polar surface area (TPSA) is 85.7 Å². The number of pyridine rings is 2. The standard InChI is InChI=1S/C30H42N8O/c1-18(2)24-16-36(26(39)11-12-35(7)8)13-14-37(24)25-10-9-23-29(34-25)27(19(3)4)28(33-23)22-15-38-30(31-17-32-38)21(6)20(22)5/h9-10,15,17-19,24,33H,11-14,16H2,1-8H3. The van der Waals surface area contributed by atoms with E-state index >= 15 is 0 Å². The summed E-state index contributed by atoms with van der Waals surface area (Å²) >= 11 is 0. The number of hydrogen-bond acceptors (Lipinski definition) is 6. The van der Waals surface area contributed by atoms with Crippen molar-refractivity contribution in [3.63, 3.8) is 0 Å². The third kappa shape index (κ3) is 5.00. The van der Waals surface area contributed by atoms with E-state index in [4.69, 9.17) is 4.98 Å². The number of carbonyl (C=O) groups excluding carboxylic acids is 1. The van der Waals surface area contributed by atoms with Gasteiger partial charge in [-0.2, -0.15) is 5.10 Å². The van der Waals surface area contributed by atoms with Crippen LogP contribution in [0.2, 0.25) is 0 Å². The molecule has 1 N–H and O–H groups in total. The molecule has 4 aromatic rings. The number of nitrogens with zero attached hydrogens (tertiary/aromatic N) is 7. The highest BCUT2D eigenvalue weighted by Crippen LogP contribution is 2.38. The molecule has 4 aromatic heterocycles. The van der Waals surface area contributed by atoms with Gasteiger partial charge in [0.1, 0.15) is 12.1 Å². The van der Waals surface area contributed by atoms with E-state index in [2.05, 4.69) is 84.7 Å². The van der Waals surface area contributed by atoms with Crippen molar-refractivity contribution in [1.82, 2.24) is 34.4 Å². The molecule has 5 rings (SSSR count). The first-order valence-corrected chi connectivity index (χ1v) is 14.1. The minimum Gasteiger partial charge on any atom is -0.353 e. The minimum absolute atomic E-state index is 0.215. The zero-order valence-electron chi connectivity index (χ0n) is 24.6. The lowest BCUT2D eigenvalue weighted by Gasteiger charge is -2.44. The predicted molar refractivity (Wildman–Crippen MR) is 157 cm³/mol. The normalized spacial score (nSPS) is 16.5. The largest absolute Gasteiger partial charge is 0.353 e. The molecule has 0 radical (unpaired) electrons. The first-order valence-electron chi connectivity index (χ1n) is 14.1. The van der Waals surface area contributed by atoms with Crippen LogP contribution in [0, 0.1) is 19.8 Å². The van der Waals surface area contributed by atoms with Crippen LogP contribution in [-0.4, -0.2) is 86.6 Å². The monoisotopic (exact) mass is 530 g/mol. The molecule has 1 amide bonds. The van der Waals surface area contributed by atoms with Crippen molar-refractivity contribution in [3.8, 4) is 11.3 Å². The van der Waals surface area contributed by atoms with E-state index in [1.54, 1.807) is 6.33 Å². The van der Waals surface area contributed by atoms with Crippen LogP contribution in [0.3, 0.4) is 0 Å². The lowest BCUT2D eigenvalue weighted by Crippen LogP contribution is -2.57. The molecule has 208 valence electrons. The molecule has 1 aliphatic rings. The van der Waals surface area contributed by atoms with Crippen LogP contribution in [0.1, 0.15) is 56.7 Å². The van der Waals surface area contributed by atoms with Crippen molar-refractivity contribution < 1.29 is 4.79 Å². The van der Waals surface area contributed by atoms with Gasteiger partial charge in [0.05, 0.1) is 22.8 Å². The van der Waals surface area contributed by atoms with E-state index in [0.29, 0.717) is 12.3 Å². The molecular weight excluding hydrogens is 488 g/mol. The Morgan fingerprint density at radius 3 is 2.59 bits per heavy atom. The van der Waals surface area contributed by atoms with Gasteiger partial charge in [0.15, 0.2) is 5.65 Å². The summed E-state index contributed by atoms with van der Waals surface area (Å²) in [5, 5.41) is 4.41. The molecule has 9 nitrogen and oxygen atoms in total. The fraction of sp³-hybridized carbons (Fsp3) is 0.533. The lowest BCUT2D eigenvalue weighted by molar-refractivity contribution is -0.132. The Hall–Kier alpha value is -3.46. The number of piperazine rings is 1. The van der Waals surface area contributed by atoms with Crippen molar-refractivity contribution in [2.75, 3.05) is 45.2 Å². The number of rotatable bonds is 7. The van der Waals surface area contributed by atoms with Crippen molar-refractivity contribution >= 4 is 28.4 Å². The number of hydrogen-bond donors (Lipinski definition) is 1.